The fraction of sp³-hybridized carbons (Fsp3) is 0.636. The molecule has 4 nitrogen and oxygen atoms in total. The van der Waals surface area contributed by atoms with Crippen molar-refractivity contribution in [3.05, 3.63) is 27.4 Å². The molecule has 1 unspecified atom stereocenters. The van der Waals surface area contributed by atoms with E-state index in [9.17, 15) is 4.79 Å². The maximum Gasteiger partial charge on any atom is 0.255 e. The number of aryl methyl sites for hydroxylation is 1. The molecule has 5 heteroatoms. The quantitative estimate of drug-likeness (QED) is 0.752. The molecule has 1 aromatic heterocycles. The Morgan fingerprint density at radius 3 is 3.19 bits per heavy atom. The molecule has 86 valence electrons. The molecule has 2 N–H and O–H groups in total. The number of H-pyrrole nitrogens is 1. The maximum atomic E-state index is 11.9. The lowest BCUT2D eigenvalue weighted by Gasteiger charge is -2.16. The fourth-order valence-corrected chi connectivity index (χ4v) is 3.33. The minimum absolute atomic E-state index is 0.0825. The zero-order valence-electron chi connectivity index (χ0n) is 9.08. The molecule has 0 bridgehead atoms. The summed E-state index contributed by atoms with van der Waals surface area (Å²) in [5.74, 6) is 3.19. The lowest BCUT2D eigenvalue weighted by Crippen LogP contribution is -2.24. The standard InChI is InChI=1S/C11H15N3OS/c15-11-8-6-16-4-2-9(8)13-10(14-11)7-1-3-12-5-7/h7,12H,1-6H2,(H,13,14,15). The number of hydrogen-bond donors (Lipinski definition) is 2. The Bertz CT molecular complexity index is 451. The maximum absolute atomic E-state index is 11.9. The first-order valence-corrected chi connectivity index (χ1v) is 6.90. The van der Waals surface area contributed by atoms with Crippen LogP contribution in [0.15, 0.2) is 4.79 Å². The van der Waals surface area contributed by atoms with Crippen molar-refractivity contribution in [2.24, 2.45) is 0 Å². The molecular weight excluding hydrogens is 222 g/mol. The van der Waals surface area contributed by atoms with Gasteiger partial charge in [-0.2, -0.15) is 11.8 Å². The highest BCUT2D eigenvalue weighted by molar-refractivity contribution is 7.98. The van der Waals surface area contributed by atoms with Crippen LogP contribution in [0.3, 0.4) is 0 Å². The number of thioether (sulfide) groups is 1. The SMILES string of the molecule is O=c1[nH]c(C2CCNC2)nc2c1CSCC2. The number of fused-ring (bicyclic) bond motifs is 1. The smallest absolute Gasteiger partial charge is 0.255 e. The number of hydrogen-bond acceptors (Lipinski definition) is 4. The van der Waals surface area contributed by atoms with Gasteiger partial charge in [-0.15, -0.1) is 0 Å². The molecule has 1 aromatic rings. The second-order valence-electron chi connectivity index (χ2n) is 4.37. The van der Waals surface area contributed by atoms with Crippen molar-refractivity contribution in [3.8, 4) is 0 Å². The van der Waals surface area contributed by atoms with Gasteiger partial charge in [0.2, 0.25) is 0 Å². The van der Waals surface area contributed by atoms with Crippen LogP contribution in [0.2, 0.25) is 0 Å². The van der Waals surface area contributed by atoms with Gasteiger partial charge in [-0.1, -0.05) is 0 Å². The summed E-state index contributed by atoms with van der Waals surface area (Å²) in [7, 11) is 0. The third-order valence-corrected chi connectivity index (χ3v) is 4.28. The number of aromatic amines is 1. The van der Waals surface area contributed by atoms with E-state index in [1.165, 1.54) is 0 Å². The summed E-state index contributed by atoms with van der Waals surface area (Å²) in [6.45, 7) is 1.97. The highest BCUT2D eigenvalue weighted by Crippen LogP contribution is 2.23. The van der Waals surface area contributed by atoms with Gasteiger partial charge < -0.3 is 10.3 Å². The van der Waals surface area contributed by atoms with Crippen LogP contribution in [0, 0.1) is 0 Å². The van der Waals surface area contributed by atoms with Gasteiger partial charge in [-0.05, 0) is 25.1 Å². The Morgan fingerprint density at radius 2 is 2.38 bits per heavy atom. The number of nitrogens with zero attached hydrogens (tertiary/aromatic N) is 1. The van der Waals surface area contributed by atoms with Gasteiger partial charge >= 0.3 is 0 Å². The first-order chi connectivity index (χ1) is 7.84. The van der Waals surface area contributed by atoms with Crippen molar-refractivity contribution in [1.82, 2.24) is 15.3 Å². The molecular formula is C11H15N3OS. The summed E-state index contributed by atoms with van der Waals surface area (Å²) in [6, 6.07) is 0. The van der Waals surface area contributed by atoms with E-state index >= 15 is 0 Å². The topological polar surface area (TPSA) is 57.8 Å². The van der Waals surface area contributed by atoms with Crippen LogP contribution in [0.25, 0.3) is 0 Å². The molecule has 3 heterocycles. The second-order valence-corrected chi connectivity index (χ2v) is 5.47. The van der Waals surface area contributed by atoms with Gasteiger partial charge in [-0.25, -0.2) is 4.98 Å². The highest BCUT2D eigenvalue weighted by Gasteiger charge is 2.22. The Labute approximate surface area is 98.2 Å². The van der Waals surface area contributed by atoms with Gasteiger partial charge in [-0.3, -0.25) is 4.79 Å². The average molecular weight is 237 g/mol. The van der Waals surface area contributed by atoms with Crippen LogP contribution < -0.4 is 10.9 Å². The van der Waals surface area contributed by atoms with Crippen LogP contribution >= 0.6 is 11.8 Å². The molecule has 0 radical (unpaired) electrons. The Balaban J connectivity index is 2.01. The van der Waals surface area contributed by atoms with Crippen LogP contribution in [0.1, 0.15) is 29.4 Å². The number of rotatable bonds is 1. The van der Waals surface area contributed by atoms with E-state index in [4.69, 9.17) is 0 Å². The normalized spacial score (nSPS) is 24.4. The molecule has 0 saturated carbocycles. The zero-order chi connectivity index (χ0) is 11.0. The summed E-state index contributed by atoms with van der Waals surface area (Å²) in [6.07, 6.45) is 2.02. The monoisotopic (exact) mass is 237 g/mol. The number of aromatic nitrogens is 2. The molecule has 1 atom stereocenters. The second kappa shape index (κ2) is 4.22. The largest absolute Gasteiger partial charge is 0.316 e. The summed E-state index contributed by atoms with van der Waals surface area (Å²) in [4.78, 5) is 19.5. The van der Waals surface area contributed by atoms with Gasteiger partial charge in [0.15, 0.2) is 0 Å². The van der Waals surface area contributed by atoms with E-state index in [1.807, 2.05) is 11.8 Å². The Kier molecular flexibility index (Phi) is 2.73. The summed E-state index contributed by atoms with van der Waals surface area (Å²) < 4.78 is 0. The highest BCUT2D eigenvalue weighted by atomic mass is 32.2. The molecule has 1 saturated heterocycles. The zero-order valence-corrected chi connectivity index (χ0v) is 9.90. The van der Waals surface area contributed by atoms with Crippen LogP contribution in [-0.4, -0.2) is 28.8 Å². The van der Waals surface area contributed by atoms with E-state index in [1.54, 1.807) is 0 Å². The average Bonchev–Trinajstić information content (AvgIpc) is 2.82. The predicted octanol–water partition coefficient (Wildman–Crippen LogP) is 0.636. The predicted molar refractivity (Wildman–Crippen MR) is 65.0 cm³/mol. The van der Waals surface area contributed by atoms with Crippen molar-refractivity contribution in [1.29, 1.82) is 0 Å². The lowest BCUT2D eigenvalue weighted by atomic mass is 10.1. The van der Waals surface area contributed by atoms with E-state index < -0.39 is 0 Å². The van der Waals surface area contributed by atoms with Crippen LogP contribution in [0.4, 0.5) is 0 Å². The van der Waals surface area contributed by atoms with Crippen LogP contribution in [-0.2, 0) is 12.2 Å². The minimum Gasteiger partial charge on any atom is -0.316 e. The molecule has 2 aliphatic rings. The van der Waals surface area contributed by atoms with Crippen molar-refractivity contribution < 1.29 is 0 Å². The molecule has 0 aliphatic carbocycles. The molecule has 0 spiro atoms. The summed E-state index contributed by atoms with van der Waals surface area (Å²) in [5, 5.41) is 3.30. The lowest BCUT2D eigenvalue weighted by molar-refractivity contribution is 0.683. The molecule has 2 aliphatic heterocycles. The van der Waals surface area contributed by atoms with Crippen molar-refractivity contribution in [2.45, 2.75) is 24.5 Å². The Morgan fingerprint density at radius 1 is 1.44 bits per heavy atom. The van der Waals surface area contributed by atoms with Gasteiger partial charge in [0.1, 0.15) is 5.82 Å². The van der Waals surface area contributed by atoms with Gasteiger partial charge in [0, 0.05) is 23.8 Å². The van der Waals surface area contributed by atoms with Gasteiger partial charge in [0.25, 0.3) is 5.56 Å². The Hall–Kier alpha value is -0.810. The third-order valence-electron chi connectivity index (χ3n) is 3.30. The number of nitrogens with one attached hydrogen (secondary N) is 2. The van der Waals surface area contributed by atoms with Crippen molar-refractivity contribution >= 4 is 11.8 Å². The van der Waals surface area contributed by atoms with E-state index in [0.29, 0.717) is 5.92 Å². The van der Waals surface area contributed by atoms with Gasteiger partial charge in [0.05, 0.1) is 5.69 Å². The minimum atomic E-state index is 0.0825. The molecule has 1 fully saturated rings. The molecule has 16 heavy (non-hydrogen) atoms. The fourth-order valence-electron chi connectivity index (χ4n) is 2.34. The van der Waals surface area contributed by atoms with E-state index in [2.05, 4.69) is 15.3 Å². The third kappa shape index (κ3) is 1.78. The first-order valence-electron chi connectivity index (χ1n) is 5.75. The molecule has 3 rings (SSSR count). The molecule has 0 amide bonds. The van der Waals surface area contributed by atoms with E-state index in [-0.39, 0.29) is 5.56 Å². The molecule has 0 aromatic carbocycles. The van der Waals surface area contributed by atoms with Crippen LogP contribution in [0.5, 0.6) is 0 Å². The van der Waals surface area contributed by atoms with E-state index in [0.717, 1.165) is 54.5 Å². The van der Waals surface area contributed by atoms with Crippen molar-refractivity contribution in [2.75, 3.05) is 18.8 Å². The summed E-state index contributed by atoms with van der Waals surface area (Å²) >= 11 is 1.82. The summed E-state index contributed by atoms with van der Waals surface area (Å²) in [5.41, 5.74) is 2.01. The van der Waals surface area contributed by atoms with Crippen molar-refractivity contribution in [3.63, 3.8) is 0 Å². The first kappa shape index (κ1) is 10.4.